The summed E-state index contributed by atoms with van der Waals surface area (Å²) in [5.41, 5.74) is 1.61. The van der Waals surface area contributed by atoms with Gasteiger partial charge in [0.15, 0.2) is 0 Å². The van der Waals surface area contributed by atoms with E-state index in [9.17, 15) is 10.2 Å². The molecular formula is C31H46N4O2S. The lowest BCUT2D eigenvalue weighted by Gasteiger charge is -2.13. The van der Waals surface area contributed by atoms with Crippen LogP contribution < -0.4 is 0 Å². The minimum absolute atomic E-state index is 0.141. The van der Waals surface area contributed by atoms with Crippen LogP contribution >= 0.6 is 11.8 Å². The standard InChI is InChI=1S/C31H46N4O2S/c1-2-3-4-5-6-7-8-9-10-11-12-13-14-15-16-20-23-27-28(36)24-25-29(37)30(27)38-31-32-33-34-35(31)26-21-18-17-19-22-26/h17-19,21-22,24-25,36-37H,2-16,20,23H2,1H3. The monoisotopic (exact) mass is 538 g/mol. The van der Waals surface area contributed by atoms with Gasteiger partial charge < -0.3 is 10.2 Å². The van der Waals surface area contributed by atoms with Gasteiger partial charge in [-0.15, -0.1) is 5.10 Å². The quantitative estimate of drug-likeness (QED) is 0.110. The van der Waals surface area contributed by atoms with Crippen molar-refractivity contribution in [2.24, 2.45) is 0 Å². The normalized spacial score (nSPS) is 11.3. The number of hydrogen-bond donors (Lipinski definition) is 2. The lowest BCUT2D eigenvalue weighted by molar-refractivity contribution is 0.440. The smallest absolute Gasteiger partial charge is 0.219 e. The van der Waals surface area contributed by atoms with E-state index in [1.807, 2.05) is 30.3 Å². The summed E-state index contributed by atoms with van der Waals surface area (Å²) in [6.07, 6.45) is 22.0. The number of rotatable bonds is 20. The molecule has 6 nitrogen and oxygen atoms in total. The van der Waals surface area contributed by atoms with Crippen molar-refractivity contribution in [2.75, 3.05) is 0 Å². The highest BCUT2D eigenvalue weighted by molar-refractivity contribution is 7.99. The maximum Gasteiger partial charge on any atom is 0.219 e. The molecule has 0 aliphatic heterocycles. The summed E-state index contributed by atoms with van der Waals surface area (Å²) in [7, 11) is 0. The molecule has 0 aliphatic carbocycles. The first-order chi connectivity index (χ1) is 18.7. The van der Waals surface area contributed by atoms with Crippen LogP contribution in [-0.4, -0.2) is 30.4 Å². The first-order valence-corrected chi connectivity index (χ1v) is 15.6. The number of hydrogen-bond acceptors (Lipinski definition) is 6. The minimum Gasteiger partial charge on any atom is -0.508 e. The van der Waals surface area contributed by atoms with Gasteiger partial charge >= 0.3 is 0 Å². The molecule has 0 fully saturated rings. The molecule has 0 atom stereocenters. The van der Waals surface area contributed by atoms with E-state index in [0.717, 1.165) is 24.1 Å². The Balaban J connectivity index is 1.33. The van der Waals surface area contributed by atoms with Crippen LogP contribution in [0.5, 0.6) is 11.5 Å². The van der Waals surface area contributed by atoms with Gasteiger partial charge in [0.05, 0.1) is 10.6 Å². The maximum absolute atomic E-state index is 10.6. The molecule has 0 radical (unpaired) electrons. The average Bonchev–Trinajstić information content (AvgIpc) is 3.40. The summed E-state index contributed by atoms with van der Waals surface area (Å²) in [6, 6.07) is 12.8. The summed E-state index contributed by atoms with van der Waals surface area (Å²) >= 11 is 1.29. The lowest BCUT2D eigenvalue weighted by atomic mass is 10.0. The molecule has 7 heteroatoms. The number of para-hydroxylation sites is 1. The van der Waals surface area contributed by atoms with Crippen LogP contribution in [0, 0.1) is 0 Å². The highest BCUT2D eigenvalue weighted by Crippen LogP contribution is 2.41. The molecule has 2 aromatic carbocycles. The van der Waals surface area contributed by atoms with Crippen LogP contribution in [0.4, 0.5) is 0 Å². The van der Waals surface area contributed by atoms with Crippen LogP contribution in [0.1, 0.15) is 115 Å². The van der Waals surface area contributed by atoms with E-state index in [-0.39, 0.29) is 11.5 Å². The zero-order valence-corrected chi connectivity index (χ0v) is 24.0. The fourth-order valence-electron chi connectivity index (χ4n) is 4.88. The number of tetrazole rings is 1. The van der Waals surface area contributed by atoms with Crippen molar-refractivity contribution >= 4 is 11.8 Å². The molecule has 0 saturated carbocycles. The Morgan fingerprint density at radius 3 is 1.76 bits per heavy atom. The van der Waals surface area contributed by atoms with Gasteiger partial charge in [0.25, 0.3) is 0 Å². The molecule has 0 spiro atoms. The Bertz CT molecular complexity index is 1040. The number of phenols is 2. The number of aromatic nitrogens is 4. The van der Waals surface area contributed by atoms with Gasteiger partial charge in [-0.2, -0.15) is 4.68 Å². The van der Waals surface area contributed by atoms with E-state index in [0.29, 0.717) is 16.5 Å². The zero-order chi connectivity index (χ0) is 26.8. The van der Waals surface area contributed by atoms with Gasteiger partial charge in [0, 0.05) is 5.56 Å². The first-order valence-electron chi connectivity index (χ1n) is 14.8. The average molecular weight is 539 g/mol. The van der Waals surface area contributed by atoms with Crippen LogP contribution in [0.3, 0.4) is 0 Å². The van der Waals surface area contributed by atoms with Crippen molar-refractivity contribution in [3.05, 3.63) is 48.0 Å². The molecule has 2 N–H and O–H groups in total. The van der Waals surface area contributed by atoms with Crippen molar-refractivity contribution in [1.82, 2.24) is 20.2 Å². The van der Waals surface area contributed by atoms with Crippen LogP contribution in [0.2, 0.25) is 0 Å². The van der Waals surface area contributed by atoms with Gasteiger partial charge in [-0.25, -0.2) is 0 Å². The Kier molecular flexibility index (Phi) is 14.1. The number of unbranched alkanes of at least 4 members (excludes halogenated alkanes) is 15. The molecule has 0 saturated heterocycles. The van der Waals surface area contributed by atoms with Crippen molar-refractivity contribution in [2.45, 2.75) is 126 Å². The number of aromatic hydroxyl groups is 2. The van der Waals surface area contributed by atoms with E-state index in [2.05, 4.69) is 22.4 Å². The van der Waals surface area contributed by atoms with E-state index >= 15 is 0 Å². The van der Waals surface area contributed by atoms with E-state index < -0.39 is 0 Å². The Morgan fingerprint density at radius 2 is 1.18 bits per heavy atom. The number of phenolic OH excluding ortho intramolecular Hbond substituents is 2. The van der Waals surface area contributed by atoms with Gasteiger partial charge in [-0.05, 0) is 59.3 Å². The summed E-state index contributed by atoms with van der Waals surface area (Å²) < 4.78 is 1.65. The summed E-state index contributed by atoms with van der Waals surface area (Å²) in [6.45, 7) is 2.28. The molecule has 38 heavy (non-hydrogen) atoms. The minimum atomic E-state index is 0.141. The van der Waals surface area contributed by atoms with E-state index in [1.165, 1.54) is 108 Å². The molecule has 1 aromatic heterocycles. The topological polar surface area (TPSA) is 84.1 Å². The third-order valence-electron chi connectivity index (χ3n) is 7.13. The number of benzene rings is 2. The second kappa shape index (κ2) is 17.9. The van der Waals surface area contributed by atoms with Crippen molar-refractivity contribution in [3.63, 3.8) is 0 Å². The SMILES string of the molecule is CCCCCCCCCCCCCCCCCCc1c(O)ccc(O)c1Sc1nnnn1-c1ccccc1. The highest BCUT2D eigenvalue weighted by atomic mass is 32.2. The van der Waals surface area contributed by atoms with Crippen LogP contribution in [0.25, 0.3) is 5.69 Å². The number of nitrogens with zero attached hydrogens (tertiary/aromatic N) is 4. The summed E-state index contributed by atoms with van der Waals surface area (Å²) in [5, 5.41) is 33.8. The fraction of sp³-hybridized carbons (Fsp3) is 0.581. The molecule has 0 unspecified atom stereocenters. The van der Waals surface area contributed by atoms with Crippen LogP contribution in [0.15, 0.2) is 52.5 Å². The third kappa shape index (κ3) is 10.3. The largest absolute Gasteiger partial charge is 0.508 e. The Morgan fingerprint density at radius 1 is 0.658 bits per heavy atom. The molecule has 3 aromatic rings. The summed E-state index contributed by atoms with van der Waals surface area (Å²) in [4.78, 5) is 0.623. The van der Waals surface area contributed by atoms with Gasteiger partial charge in [-0.1, -0.05) is 121 Å². The molecule has 0 bridgehead atoms. The zero-order valence-electron chi connectivity index (χ0n) is 23.2. The molecule has 208 valence electrons. The molecule has 0 amide bonds. The fourth-order valence-corrected chi connectivity index (χ4v) is 5.87. The van der Waals surface area contributed by atoms with Crippen molar-refractivity contribution in [3.8, 4) is 17.2 Å². The van der Waals surface area contributed by atoms with Gasteiger partial charge in [0.2, 0.25) is 5.16 Å². The molecule has 0 aliphatic rings. The van der Waals surface area contributed by atoms with E-state index in [4.69, 9.17) is 0 Å². The first kappa shape index (κ1) is 30.0. The second-order valence-corrected chi connectivity index (χ2v) is 11.3. The summed E-state index contributed by atoms with van der Waals surface area (Å²) in [5.74, 6) is 0.354. The van der Waals surface area contributed by atoms with Gasteiger partial charge in [-0.3, -0.25) is 0 Å². The Hall–Kier alpha value is -2.54. The van der Waals surface area contributed by atoms with Crippen LogP contribution in [-0.2, 0) is 6.42 Å². The maximum atomic E-state index is 10.6. The second-order valence-electron chi connectivity index (χ2n) is 10.3. The van der Waals surface area contributed by atoms with E-state index in [1.54, 1.807) is 10.7 Å². The predicted octanol–water partition coefficient (Wildman–Crippen LogP) is 9.03. The molecule has 1 heterocycles. The predicted molar refractivity (Wildman–Crippen MR) is 156 cm³/mol. The molecular weight excluding hydrogens is 492 g/mol. The van der Waals surface area contributed by atoms with Crippen molar-refractivity contribution < 1.29 is 10.2 Å². The highest BCUT2D eigenvalue weighted by Gasteiger charge is 2.18. The third-order valence-corrected chi connectivity index (χ3v) is 8.23. The Labute approximate surface area is 233 Å². The van der Waals surface area contributed by atoms with Crippen molar-refractivity contribution in [1.29, 1.82) is 0 Å². The van der Waals surface area contributed by atoms with Gasteiger partial charge in [0.1, 0.15) is 11.5 Å². The lowest BCUT2D eigenvalue weighted by Crippen LogP contribution is -1.99. The molecule has 3 rings (SSSR count).